The standard InChI is InChI=1S/C14H20N2O2/c1-10(17)15-12-5-6-13-11(7-12)8-16(9-18-13)14(2,3)4/h5-7H,8-9H2,1-4H3,(H,15,17). The molecule has 4 heteroatoms. The molecule has 1 aromatic rings. The van der Waals surface area contributed by atoms with Gasteiger partial charge < -0.3 is 10.1 Å². The second kappa shape index (κ2) is 4.61. The summed E-state index contributed by atoms with van der Waals surface area (Å²) in [6.07, 6.45) is 0. The number of hydrogen-bond acceptors (Lipinski definition) is 3. The Bertz CT molecular complexity index is 463. The summed E-state index contributed by atoms with van der Waals surface area (Å²) in [5.41, 5.74) is 2.00. The zero-order chi connectivity index (χ0) is 13.3. The number of rotatable bonds is 1. The van der Waals surface area contributed by atoms with E-state index in [1.165, 1.54) is 6.92 Å². The third-order valence-corrected chi connectivity index (χ3v) is 3.07. The number of ether oxygens (including phenoxy) is 1. The number of carbonyl (C=O) groups excluding carboxylic acids is 1. The van der Waals surface area contributed by atoms with E-state index in [-0.39, 0.29) is 11.4 Å². The first-order valence-electron chi connectivity index (χ1n) is 6.14. The van der Waals surface area contributed by atoms with Gasteiger partial charge in [0.15, 0.2) is 0 Å². The molecule has 2 rings (SSSR count). The van der Waals surface area contributed by atoms with Crippen LogP contribution < -0.4 is 10.1 Å². The van der Waals surface area contributed by atoms with Crippen molar-refractivity contribution in [3.05, 3.63) is 23.8 Å². The minimum absolute atomic E-state index is 0.0562. The molecule has 0 bridgehead atoms. The first-order chi connectivity index (χ1) is 8.36. The van der Waals surface area contributed by atoms with Gasteiger partial charge in [0.2, 0.25) is 5.91 Å². The monoisotopic (exact) mass is 248 g/mol. The predicted octanol–water partition coefficient (Wildman–Crippen LogP) is 2.60. The van der Waals surface area contributed by atoms with Crippen LogP contribution in [-0.4, -0.2) is 23.1 Å². The molecule has 1 amide bonds. The number of hydrogen-bond donors (Lipinski definition) is 1. The van der Waals surface area contributed by atoms with Crippen LogP contribution in [0.5, 0.6) is 5.75 Å². The van der Waals surface area contributed by atoms with E-state index in [1.54, 1.807) is 0 Å². The van der Waals surface area contributed by atoms with E-state index in [1.807, 2.05) is 18.2 Å². The summed E-state index contributed by atoms with van der Waals surface area (Å²) in [4.78, 5) is 13.3. The van der Waals surface area contributed by atoms with Crippen LogP contribution in [0.15, 0.2) is 18.2 Å². The normalized spacial score (nSPS) is 15.8. The average molecular weight is 248 g/mol. The molecule has 1 heterocycles. The molecule has 0 aliphatic carbocycles. The second-order valence-corrected chi connectivity index (χ2v) is 5.65. The Morgan fingerprint density at radius 1 is 1.39 bits per heavy atom. The first kappa shape index (κ1) is 12.9. The minimum Gasteiger partial charge on any atom is -0.478 e. The maximum Gasteiger partial charge on any atom is 0.221 e. The van der Waals surface area contributed by atoms with Crippen molar-refractivity contribution >= 4 is 11.6 Å². The highest BCUT2D eigenvalue weighted by Crippen LogP contribution is 2.30. The molecule has 0 unspecified atom stereocenters. The van der Waals surface area contributed by atoms with Gasteiger partial charge in [-0.1, -0.05) is 0 Å². The largest absolute Gasteiger partial charge is 0.478 e. The van der Waals surface area contributed by atoms with Crippen molar-refractivity contribution in [2.45, 2.75) is 39.8 Å². The van der Waals surface area contributed by atoms with E-state index in [9.17, 15) is 4.79 Å². The maximum atomic E-state index is 11.1. The SMILES string of the molecule is CC(=O)Nc1ccc2c(c1)CN(C(C)(C)C)CO2. The van der Waals surface area contributed by atoms with Crippen molar-refractivity contribution in [2.75, 3.05) is 12.0 Å². The smallest absolute Gasteiger partial charge is 0.221 e. The van der Waals surface area contributed by atoms with Gasteiger partial charge in [0.1, 0.15) is 12.5 Å². The molecule has 0 saturated carbocycles. The Labute approximate surface area is 108 Å². The Morgan fingerprint density at radius 2 is 2.11 bits per heavy atom. The van der Waals surface area contributed by atoms with Crippen molar-refractivity contribution in [3.8, 4) is 5.75 Å². The predicted molar refractivity (Wildman–Crippen MR) is 71.5 cm³/mol. The third-order valence-electron chi connectivity index (χ3n) is 3.07. The number of carbonyl (C=O) groups is 1. The van der Waals surface area contributed by atoms with Crippen LogP contribution in [0, 0.1) is 0 Å². The molecule has 1 aliphatic rings. The zero-order valence-electron chi connectivity index (χ0n) is 11.4. The summed E-state index contributed by atoms with van der Waals surface area (Å²) < 4.78 is 5.74. The Kier molecular flexibility index (Phi) is 3.30. The van der Waals surface area contributed by atoms with Crippen LogP contribution in [0.1, 0.15) is 33.3 Å². The number of fused-ring (bicyclic) bond motifs is 1. The highest BCUT2D eigenvalue weighted by atomic mass is 16.5. The zero-order valence-corrected chi connectivity index (χ0v) is 11.4. The van der Waals surface area contributed by atoms with E-state index in [2.05, 4.69) is 31.0 Å². The van der Waals surface area contributed by atoms with Crippen LogP contribution in [0.3, 0.4) is 0 Å². The van der Waals surface area contributed by atoms with Gasteiger partial charge in [0, 0.05) is 30.3 Å². The lowest BCUT2D eigenvalue weighted by atomic mass is 10.0. The highest BCUT2D eigenvalue weighted by molar-refractivity contribution is 5.88. The maximum absolute atomic E-state index is 11.1. The van der Waals surface area contributed by atoms with Crippen molar-refractivity contribution in [1.82, 2.24) is 4.90 Å². The van der Waals surface area contributed by atoms with Gasteiger partial charge in [-0.05, 0) is 39.0 Å². The van der Waals surface area contributed by atoms with Crippen LogP contribution in [0.2, 0.25) is 0 Å². The molecule has 0 fully saturated rings. The fourth-order valence-corrected chi connectivity index (χ4v) is 1.95. The topological polar surface area (TPSA) is 41.6 Å². The van der Waals surface area contributed by atoms with E-state index in [0.717, 1.165) is 23.5 Å². The van der Waals surface area contributed by atoms with Crippen molar-refractivity contribution in [3.63, 3.8) is 0 Å². The molecular weight excluding hydrogens is 228 g/mol. The van der Waals surface area contributed by atoms with Gasteiger partial charge in [-0.2, -0.15) is 0 Å². The van der Waals surface area contributed by atoms with Crippen molar-refractivity contribution in [1.29, 1.82) is 0 Å². The Morgan fingerprint density at radius 3 is 2.72 bits per heavy atom. The van der Waals surface area contributed by atoms with Crippen molar-refractivity contribution < 1.29 is 9.53 Å². The summed E-state index contributed by atoms with van der Waals surface area (Å²) in [6, 6.07) is 5.77. The van der Waals surface area contributed by atoms with Gasteiger partial charge in [-0.15, -0.1) is 0 Å². The van der Waals surface area contributed by atoms with Gasteiger partial charge in [-0.25, -0.2) is 0 Å². The fraction of sp³-hybridized carbons (Fsp3) is 0.500. The summed E-state index contributed by atoms with van der Waals surface area (Å²) in [5, 5.41) is 2.80. The third kappa shape index (κ3) is 2.82. The average Bonchev–Trinajstić information content (AvgIpc) is 2.26. The molecule has 18 heavy (non-hydrogen) atoms. The van der Waals surface area contributed by atoms with Crippen LogP contribution >= 0.6 is 0 Å². The molecule has 0 spiro atoms. The summed E-state index contributed by atoms with van der Waals surface area (Å²) >= 11 is 0. The molecule has 0 aromatic heterocycles. The summed E-state index contributed by atoms with van der Waals surface area (Å²) in [5.74, 6) is 0.851. The van der Waals surface area contributed by atoms with Crippen LogP contribution in [0.25, 0.3) is 0 Å². The first-order valence-corrected chi connectivity index (χ1v) is 6.14. The van der Waals surface area contributed by atoms with Crippen LogP contribution in [-0.2, 0) is 11.3 Å². The highest BCUT2D eigenvalue weighted by Gasteiger charge is 2.26. The number of nitrogens with zero attached hydrogens (tertiary/aromatic N) is 1. The molecule has 98 valence electrons. The molecule has 0 atom stereocenters. The molecule has 0 radical (unpaired) electrons. The lowest BCUT2D eigenvalue weighted by Crippen LogP contribution is -2.45. The number of nitrogens with one attached hydrogen (secondary N) is 1. The Hall–Kier alpha value is -1.55. The van der Waals surface area contributed by atoms with Gasteiger partial charge in [0.25, 0.3) is 0 Å². The van der Waals surface area contributed by atoms with Gasteiger partial charge in [0.05, 0.1) is 0 Å². The summed E-state index contributed by atoms with van der Waals surface area (Å²) in [7, 11) is 0. The number of amides is 1. The lowest BCUT2D eigenvalue weighted by molar-refractivity contribution is -0.114. The quantitative estimate of drug-likeness (QED) is 0.830. The molecule has 1 N–H and O–H groups in total. The van der Waals surface area contributed by atoms with E-state index in [4.69, 9.17) is 4.74 Å². The Balaban J connectivity index is 2.22. The van der Waals surface area contributed by atoms with Gasteiger partial charge in [-0.3, -0.25) is 9.69 Å². The second-order valence-electron chi connectivity index (χ2n) is 5.65. The molecular formula is C14H20N2O2. The van der Waals surface area contributed by atoms with E-state index < -0.39 is 0 Å². The number of anilines is 1. The number of benzene rings is 1. The molecule has 1 aromatic carbocycles. The van der Waals surface area contributed by atoms with Crippen molar-refractivity contribution in [2.24, 2.45) is 0 Å². The van der Waals surface area contributed by atoms with E-state index >= 15 is 0 Å². The van der Waals surface area contributed by atoms with E-state index in [0.29, 0.717) is 6.73 Å². The summed E-state index contributed by atoms with van der Waals surface area (Å²) in [6.45, 7) is 9.46. The lowest BCUT2D eigenvalue weighted by Gasteiger charge is -2.38. The molecule has 0 saturated heterocycles. The van der Waals surface area contributed by atoms with Crippen LogP contribution in [0.4, 0.5) is 5.69 Å². The molecule has 4 nitrogen and oxygen atoms in total. The minimum atomic E-state index is -0.0562. The molecule has 1 aliphatic heterocycles. The van der Waals surface area contributed by atoms with Gasteiger partial charge >= 0.3 is 0 Å². The fourth-order valence-electron chi connectivity index (χ4n) is 1.95.